The highest BCUT2D eigenvalue weighted by Crippen LogP contribution is 2.19. The topological polar surface area (TPSA) is 83.6 Å². The maximum absolute atomic E-state index is 13.7. The van der Waals surface area contributed by atoms with Crippen molar-refractivity contribution in [2.45, 2.75) is 0 Å². The highest BCUT2D eigenvalue weighted by atomic mass is 35.5. The van der Waals surface area contributed by atoms with Gasteiger partial charge >= 0.3 is 0 Å². The van der Waals surface area contributed by atoms with Crippen molar-refractivity contribution in [3.63, 3.8) is 0 Å². The minimum absolute atomic E-state index is 0.0381. The van der Waals surface area contributed by atoms with E-state index in [-0.39, 0.29) is 22.5 Å². The van der Waals surface area contributed by atoms with Crippen LogP contribution in [0.1, 0.15) is 10.4 Å². The zero-order chi connectivity index (χ0) is 15.5. The van der Waals surface area contributed by atoms with E-state index in [4.69, 9.17) is 11.6 Å². The van der Waals surface area contributed by atoms with Crippen LogP contribution in [0.2, 0.25) is 5.15 Å². The monoisotopic (exact) mass is 317 g/mol. The fourth-order valence-corrected chi connectivity index (χ4v) is 1.98. The molecule has 0 spiro atoms. The molecular formula is C14H9ClFN5O. The number of anilines is 1. The number of amides is 1. The van der Waals surface area contributed by atoms with Gasteiger partial charge in [-0.05, 0) is 24.3 Å². The SMILES string of the molecule is O=C(Nc1n[nH]c(-c2ccccc2F)n1)c1ccnc(Cl)c1. The Morgan fingerprint density at radius 3 is 2.86 bits per heavy atom. The number of nitrogens with zero attached hydrogens (tertiary/aromatic N) is 3. The number of hydrogen-bond donors (Lipinski definition) is 2. The van der Waals surface area contributed by atoms with E-state index < -0.39 is 11.7 Å². The first-order chi connectivity index (χ1) is 10.6. The molecule has 0 radical (unpaired) electrons. The summed E-state index contributed by atoms with van der Waals surface area (Å²) in [6.45, 7) is 0. The molecule has 0 aliphatic rings. The largest absolute Gasteiger partial charge is 0.289 e. The van der Waals surface area contributed by atoms with Crippen LogP contribution in [0.3, 0.4) is 0 Å². The van der Waals surface area contributed by atoms with E-state index in [0.717, 1.165) is 0 Å². The molecule has 1 amide bonds. The lowest BCUT2D eigenvalue weighted by atomic mass is 10.2. The summed E-state index contributed by atoms with van der Waals surface area (Å²) in [6.07, 6.45) is 1.42. The van der Waals surface area contributed by atoms with Crippen LogP contribution in [-0.2, 0) is 0 Å². The number of aromatic nitrogens is 4. The van der Waals surface area contributed by atoms with Gasteiger partial charge in [0.25, 0.3) is 5.91 Å². The Morgan fingerprint density at radius 2 is 2.09 bits per heavy atom. The van der Waals surface area contributed by atoms with Gasteiger partial charge in [-0.3, -0.25) is 15.2 Å². The molecule has 0 atom stereocenters. The Kier molecular flexibility index (Phi) is 3.80. The molecular weight excluding hydrogens is 309 g/mol. The number of rotatable bonds is 3. The summed E-state index contributed by atoms with van der Waals surface area (Å²) in [5.41, 5.74) is 0.583. The normalized spacial score (nSPS) is 10.5. The quantitative estimate of drug-likeness (QED) is 0.727. The van der Waals surface area contributed by atoms with Gasteiger partial charge in [-0.15, -0.1) is 5.10 Å². The van der Waals surface area contributed by atoms with Crippen molar-refractivity contribution in [3.05, 3.63) is 59.1 Å². The third-order valence-corrected chi connectivity index (χ3v) is 3.04. The van der Waals surface area contributed by atoms with Gasteiger partial charge in [0.2, 0.25) is 5.95 Å². The third kappa shape index (κ3) is 2.94. The molecule has 0 aliphatic heterocycles. The first kappa shape index (κ1) is 14.2. The Labute approximate surface area is 129 Å². The first-order valence-electron chi connectivity index (χ1n) is 6.24. The van der Waals surface area contributed by atoms with E-state index in [9.17, 15) is 9.18 Å². The summed E-state index contributed by atoms with van der Waals surface area (Å²) in [5, 5.41) is 9.11. The molecule has 0 bridgehead atoms. The van der Waals surface area contributed by atoms with Crippen molar-refractivity contribution in [2.75, 3.05) is 5.32 Å². The van der Waals surface area contributed by atoms with Crippen molar-refractivity contribution in [2.24, 2.45) is 0 Å². The second-order valence-corrected chi connectivity index (χ2v) is 4.70. The fraction of sp³-hybridized carbons (Fsp3) is 0. The summed E-state index contributed by atoms with van der Waals surface area (Å²) in [5.74, 6) is -0.613. The number of hydrogen-bond acceptors (Lipinski definition) is 4. The van der Waals surface area contributed by atoms with Crippen LogP contribution in [0.4, 0.5) is 10.3 Å². The number of halogens is 2. The molecule has 8 heteroatoms. The molecule has 110 valence electrons. The van der Waals surface area contributed by atoms with Crippen LogP contribution < -0.4 is 5.32 Å². The molecule has 0 saturated carbocycles. The molecule has 1 aromatic carbocycles. The molecule has 6 nitrogen and oxygen atoms in total. The van der Waals surface area contributed by atoms with E-state index in [1.165, 1.54) is 24.4 Å². The van der Waals surface area contributed by atoms with Gasteiger partial charge < -0.3 is 0 Å². The van der Waals surface area contributed by atoms with Crippen LogP contribution in [0, 0.1) is 5.82 Å². The van der Waals surface area contributed by atoms with Crippen molar-refractivity contribution in [1.29, 1.82) is 0 Å². The second kappa shape index (κ2) is 5.90. The Hall–Kier alpha value is -2.80. The molecule has 0 fully saturated rings. The van der Waals surface area contributed by atoms with Gasteiger partial charge in [-0.25, -0.2) is 9.37 Å². The van der Waals surface area contributed by atoms with Gasteiger partial charge in [0.15, 0.2) is 5.82 Å². The van der Waals surface area contributed by atoms with Gasteiger partial charge in [-0.2, -0.15) is 4.98 Å². The standard InChI is InChI=1S/C14H9ClFN5O/c15-11-7-8(5-6-17-11)13(22)19-14-18-12(20-21-14)9-3-1-2-4-10(9)16/h1-7H,(H2,18,19,20,21,22). The number of nitrogens with one attached hydrogen (secondary N) is 2. The van der Waals surface area contributed by atoms with Crippen LogP contribution in [0.5, 0.6) is 0 Å². The number of H-pyrrole nitrogens is 1. The maximum Gasteiger partial charge on any atom is 0.258 e. The average molecular weight is 318 g/mol. The van der Waals surface area contributed by atoms with Gasteiger partial charge in [0, 0.05) is 11.8 Å². The highest BCUT2D eigenvalue weighted by Gasteiger charge is 2.13. The predicted molar refractivity (Wildman–Crippen MR) is 79.0 cm³/mol. The van der Waals surface area contributed by atoms with Crippen LogP contribution in [0.25, 0.3) is 11.4 Å². The highest BCUT2D eigenvalue weighted by molar-refractivity contribution is 6.29. The lowest BCUT2D eigenvalue weighted by Gasteiger charge is -2.00. The molecule has 3 aromatic rings. The Balaban J connectivity index is 1.80. The van der Waals surface area contributed by atoms with Crippen molar-refractivity contribution < 1.29 is 9.18 Å². The zero-order valence-electron chi connectivity index (χ0n) is 11.0. The maximum atomic E-state index is 13.7. The molecule has 3 rings (SSSR count). The van der Waals surface area contributed by atoms with Gasteiger partial charge in [-0.1, -0.05) is 23.7 Å². The van der Waals surface area contributed by atoms with E-state index >= 15 is 0 Å². The Bertz CT molecular complexity index is 835. The van der Waals surface area contributed by atoms with Gasteiger partial charge in [0.05, 0.1) is 5.56 Å². The Morgan fingerprint density at radius 1 is 1.27 bits per heavy atom. The van der Waals surface area contributed by atoms with E-state index in [1.807, 2.05) is 0 Å². The molecule has 2 heterocycles. The summed E-state index contributed by atoms with van der Waals surface area (Å²) in [4.78, 5) is 19.8. The number of pyridine rings is 1. The number of carbonyl (C=O) groups is 1. The van der Waals surface area contributed by atoms with Crippen molar-refractivity contribution in [1.82, 2.24) is 20.2 Å². The number of carbonyl (C=O) groups excluding carboxylic acids is 1. The van der Waals surface area contributed by atoms with E-state index in [1.54, 1.807) is 18.2 Å². The van der Waals surface area contributed by atoms with Crippen LogP contribution in [0.15, 0.2) is 42.6 Å². The van der Waals surface area contributed by atoms with E-state index in [0.29, 0.717) is 5.56 Å². The third-order valence-electron chi connectivity index (χ3n) is 2.83. The van der Waals surface area contributed by atoms with Gasteiger partial charge in [0.1, 0.15) is 11.0 Å². The fourth-order valence-electron chi connectivity index (χ4n) is 1.81. The number of aromatic amines is 1. The van der Waals surface area contributed by atoms with Crippen LogP contribution >= 0.6 is 11.6 Å². The minimum Gasteiger partial charge on any atom is -0.289 e. The lowest BCUT2D eigenvalue weighted by Crippen LogP contribution is -2.13. The predicted octanol–water partition coefficient (Wildman–Crippen LogP) is 2.91. The molecule has 0 aliphatic carbocycles. The second-order valence-electron chi connectivity index (χ2n) is 4.31. The summed E-state index contributed by atoms with van der Waals surface area (Å²) in [7, 11) is 0. The van der Waals surface area contributed by atoms with Crippen molar-refractivity contribution in [3.8, 4) is 11.4 Å². The first-order valence-corrected chi connectivity index (χ1v) is 6.61. The smallest absolute Gasteiger partial charge is 0.258 e. The summed E-state index contributed by atoms with van der Waals surface area (Å²) in [6, 6.07) is 9.05. The molecule has 2 aromatic heterocycles. The average Bonchev–Trinajstić information content (AvgIpc) is 2.96. The van der Waals surface area contributed by atoms with Crippen LogP contribution in [-0.4, -0.2) is 26.1 Å². The number of benzene rings is 1. The lowest BCUT2D eigenvalue weighted by molar-refractivity contribution is 0.102. The summed E-state index contributed by atoms with van der Waals surface area (Å²) >= 11 is 5.72. The molecule has 0 unspecified atom stereocenters. The van der Waals surface area contributed by atoms with Crippen molar-refractivity contribution >= 4 is 23.5 Å². The molecule has 22 heavy (non-hydrogen) atoms. The summed E-state index contributed by atoms with van der Waals surface area (Å²) < 4.78 is 13.7. The van der Waals surface area contributed by atoms with E-state index in [2.05, 4.69) is 25.5 Å². The molecule has 0 saturated heterocycles. The zero-order valence-corrected chi connectivity index (χ0v) is 11.8. The molecule has 2 N–H and O–H groups in total. The minimum atomic E-state index is -0.441.